The summed E-state index contributed by atoms with van der Waals surface area (Å²) in [6.07, 6.45) is 0.935. The molecule has 0 amide bonds. The van der Waals surface area contributed by atoms with Gasteiger partial charge in [0.15, 0.2) is 0 Å². The SMILES string of the molecule is COc1ccc(CCN)cc1.N.[Cl][Pt][Cl]. The molecule has 0 unspecified atom stereocenters. The fraction of sp³-hybridized carbons (Fsp3) is 0.333. The zero-order chi connectivity index (χ0) is 10.8. The first-order valence-corrected chi connectivity index (χ1v) is 9.57. The standard InChI is InChI=1S/C9H13NO.2ClH.H3N.Pt/c1-11-9-4-2-8(3-5-9)6-7-10;;;;/h2-5H,6-7,10H2,1H3;2*1H;1H3;/q;;;;+2/p-2. The van der Waals surface area contributed by atoms with Crippen molar-refractivity contribution in [2.75, 3.05) is 13.7 Å². The number of ether oxygens (including phenoxy) is 1. The van der Waals surface area contributed by atoms with Crippen LogP contribution in [-0.4, -0.2) is 13.7 Å². The van der Waals surface area contributed by atoms with Gasteiger partial charge in [0, 0.05) is 0 Å². The molecule has 0 spiro atoms. The van der Waals surface area contributed by atoms with E-state index in [0.29, 0.717) is 6.54 Å². The number of nitrogens with two attached hydrogens (primary N) is 1. The van der Waals surface area contributed by atoms with Gasteiger partial charge in [-0.1, -0.05) is 12.1 Å². The minimum atomic E-state index is -0.472. The molecule has 0 aromatic heterocycles. The van der Waals surface area contributed by atoms with E-state index in [1.165, 1.54) is 5.56 Å². The minimum absolute atomic E-state index is 0. The van der Waals surface area contributed by atoms with Gasteiger partial charge >= 0.3 is 35.3 Å². The van der Waals surface area contributed by atoms with Crippen LogP contribution in [0.15, 0.2) is 24.3 Å². The fourth-order valence-corrected chi connectivity index (χ4v) is 0.959. The topological polar surface area (TPSA) is 70.2 Å². The van der Waals surface area contributed by atoms with Gasteiger partial charge in [0.1, 0.15) is 5.75 Å². The number of halogens is 2. The molecule has 0 saturated heterocycles. The van der Waals surface area contributed by atoms with Crippen LogP contribution < -0.4 is 16.6 Å². The predicted molar refractivity (Wildman–Crippen MR) is 62.5 cm³/mol. The molecule has 1 rings (SSSR count). The summed E-state index contributed by atoms with van der Waals surface area (Å²) in [6, 6.07) is 7.97. The van der Waals surface area contributed by atoms with E-state index < -0.39 is 16.5 Å². The average molecular weight is 434 g/mol. The van der Waals surface area contributed by atoms with Crippen molar-refractivity contribution in [2.45, 2.75) is 6.42 Å². The summed E-state index contributed by atoms with van der Waals surface area (Å²) in [5.74, 6) is 0.894. The molecule has 3 nitrogen and oxygen atoms in total. The normalized spacial score (nSPS) is 8.53. The van der Waals surface area contributed by atoms with Crippen molar-refractivity contribution in [2.24, 2.45) is 5.73 Å². The Morgan fingerprint density at radius 3 is 2.07 bits per heavy atom. The van der Waals surface area contributed by atoms with E-state index in [1.807, 2.05) is 24.3 Å². The zero-order valence-corrected chi connectivity index (χ0v) is 12.3. The van der Waals surface area contributed by atoms with Crippen LogP contribution in [0.25, 0.3) is 0 Å². The Bertz CT molecular complexity index is 234. The molecular formula is C9H16Cl2N2OPt. The summed E-state index contributed by atoms with van der Waals surface area (Å²) in [5, 5.41) is 0. The summed E-state index contributed by atoms with van der Waals surface area (Å²) in [6.45, 7) is 0.701. The summed E-state index contributed by atoms with van der Waals surface area (Å²) in [7, 11) is 11.4. The Hall–Kier alpha value is 0.208. The van der Waals surface area contributed by atoms with Crippen LogP contribution in [0.3, 0.4) is 0 Å². The van der Waals surface area contributed by atoms with Gasteiger partial charge in [-0.25, -0.2) is 0 Å². The van der Waals surface area contributed by atoms with Gasteiger partial charge in [0.25, 0.3) is 0 Å². The second-order valence-corrected chi connectivity index (χ2v) is 5.71. The van der Waals surface area contributed by atoms with Gasteiger partial charge in [-0.3, -0.25) is 0 Å². The summed E-state index contributed by atoms with van der Waals surface area (Å²) in [4.78, 5) is 0. The van der Waals surface area contributed by atoms with Crippen LogP contribution >= 0.6 is 18.8 Å². The number of rotatable bonds is 3. The molecule has 0 radical (unpaired) electrons. The monoisotopic (exact) mass is 433 g/mol. The molecule has 6 heteroatoms. The van der Waals surface area contributed by atoms with Gasteiger partial charge in [0.2, 0.25) is 0 Å². The van der Waals surface area contributed by atoms with Gasteiger partial charge in [-0.15, -0.1) is 0 Å². The van der Waals surface area contributed by atoms with Crippen LogP contribution in [0.4, 0.5) is 0 Å². The molecule has 1 aromatic rings. The van der Waals surface area contributed by atoms with E-state index in [2.05, 4.69) is 0 Å². The third kappa shape index (κ3) is 9.16. The van der Waals surface area contributed by atoms with E-state index in [-0.39, 0.29) is 6.15 Å². The number of benzene rings is 1. The van der Waals surface area contributed by atoms with E-state index in [1.54, 1.807) is 7.11 Å². The van der Waals surface area contributed by atoms with Crippen LogP contribution in [-0.2, 0) is 22.9 Å². The molecular weight excluding hydrogens is 418 g/mol. The summed E-state index contributed by atoms with van der Waals surface area (Å²) in [5.41, 5.74) is 6.66. The Morgan fingerprint density at radius 2 is 1.73 bits per heavy atom. The Morgan fingerprint density at radius 1 is 1.27 bits per heavy atom. The van der Waals surface area contributed by atoms with Crippen molar-refractivity contribution >= 4 is 18.8 Å². The molecule has 0 aliphatic rings. The molecule has 0 aliphatic carbocycles. The Labute approximate surface area is 107 Å². The molecule has 0 atom stereocenters. The molecule has 92 valence electrons. The van der Waals surface area contributed by atoms with Crippen molar-refractivity contribution in [3.63, 3.8) is 0 Å². The quantitative estimate of drug-likeness (QED) is 0.769. The molecule has 0 fully saturated rings. The van der Waals surface area contributed by atoms with Crippen LogP contribution in [0, 0.1) is 0 Å². The Balaban J connectivity index is 0. The van der Waals surface area contributed by atoms with E-state index in [4.69, 9.17) is 29.3 Å². The van der Waals surface area contributed by atoms with E-state index in [9.17, 15) is 0 Å². The van der Waals surface area contributed by atoms with E-state index in [0.717, 1.165) is 12.2 Å². The van der Waals surface area contributed by atoms with Crippen molar-refractivity contribution in [3.05, 3.63) is 29.8 Å². The summed E-state index contributed by atoms with van der Waals surface area (Å²) >= 11 is -0.472. The Kier molecular flexibility index (Phi) is 14.4. The number of methoxy groups -OCH3 is 1. The van der Waals surface area contributed by atoms with Crippen molar-refractivity contribution in [3.8, 4) is 5.75 Å². The molecule has 1 aromatic carbocycles. The maximum absolute atomic E-state index is 5.40. The van der Waals surface area contributed by atoms with Crippen LogP contribution in [0.2, 0.25) is 0 Å². The zero-order valence-electron chi connectivity index (χ0n) is 8.49. The number of hydrogen-bond acceptors (Lipinski definition) is 3. The van der Waals surface area contributed by atoms with Crippen molar-refractivity contribution in [1.29, 1.82) is 0 Å². The van der Waals surface area contributed by atoms with Crippen molar-refractivity contribution < 1.29 is 21.2 Å². The second-order valence-electron chi connectivity index (χ2n) is 2.43. The van der Waals surface area contributed by atoms with Gasteiger partial charge in [-0.2, -0.15) is 0 Å². The maximum atomic E-state index is 5.40. The third-order valence-corrected chi connectivity index (χ3v) is 1.59. The van der Waals surface area contributed by atoms with Gasteiger partial charge < -0.3 is 16.6 Å². The number of hydrogen-bond donors (Lipinski definition) is 2. The molecule has 0 bridgehead atoms. The average Bonchev–Trinajstić information content (AvgIpc) is 2.21. The molecule has 15 heavy (non-hydrogen) atoms. The predicted octanol–water partition coefficient (Wildman–Crippen LogP) is 2.73. The second kappa shape index (κ2) is 12.3. The van der Waals surface area contributed by atoms with Gasteiger partial charge in [0.05, 0.1) is 7.11 Å². The summed E-state index contributed by atoms with van der Waals surface area (Å²) < 4.78 is 5.02. The molecule has 0 saturated carbocycles. The fourth-order valence-electron chi connectivity index (χ4n) is 0.959. The first-order valence-electron chi connectivity index (χ1n) is 3.93. The van der Waals surface area contributed by atoms with Crippen LogP contribution in [0.1, 0.15) is 5.56 Å². The first-order chi connectivity index (χ1) is 6.78. The molecule has 0 heterocycles. The van der Waals surface area contributed by atoms with Gasteiger partial charge in [-0.05, 0) is 30.7 Å². The molecule has 0 aliphatic heterocycles. The molecule has 5 N–H and O–H groups in total. The van der Waals surface area contributed by atoms with Crippen LogP contribution in [0.5, 0.6) is 5.75 Å². The van der Waals surface area contributed by atoms with Crippen molar-refractivity contribution in [1.82, 2.24) is 6.15 Å². The van der Waals surface area contributed by atoms with E-state index >= 15 is 0 Å². The third-order valence-electron chi connectivity index (χ3n) is 1.59. The first kappa shape index (κ1) is 17.6.